The Morgan fingerprint density at radius 1 is 1.39 bits per heavy atom. The van der Waals surface area contributed by atoms with E-state index in [2.05, 4.69) is 10.2 Å². The lowest BCUT2D eigenvalue weighted by Crippen LogP contribution is -2.40. The quantitative estimate of drug-likeness (QED) is 0.822. The number of nitrogens with zero attached hydrogens (tertiary/aromatic N) is 1. The van der Waals surface area contributed by atoms with Gasteiger partial charge in [-0.2, -0.15) is 0 Å². The molecule has 3 aliphatic heterocycles. The molecule has 3 rings (SSSR count). The molecule has 3 aliphatic rings. The number of rotatable bonds is 2. The molecule has 5 heteroatoms. The van der Waals surface area contributed by atoms with E-state index in [1.165, 1.54) is 0 Å². The van der Waals surface area contributed by atoms with Gasteiger partial charge in [0.1, 0.15) is 0 Å². The largest absolute Gasteiger partial charge is 0.376 e. The van der Waals surface area contributed by atoms with Crippen LogP contribution in [0.5, 0.6) is 0 Å². The van der Waals surface area contributed by atoms with Crippen LogP contribution in [0.2, 0.25) is 0 Å². The van der Waals surface area contributed by atoms with Crippen LogP contribution in [0.1, 0.15) is 32.1 Å². The third-order valence-electron chi connectivity index (χ3n) is 4.52. The monoisotopic (exact) mass is 274 g/mol. The van der Waals surface area contributed by atoms with Crippen LogP contribution in [0.25, 0.3) is 0 Å². The summed E-state index contributed by atoms with van der Waals surface area (Å²) in [5.41, 5.74) is 0.279. The van der Waals surface area contributed by atoms with Crippen molar-refractivity contribution >= 4 is 18.3 Å². The zero-order valence-corrected chi connectivity index (χ0v) is 11.6. The van der Waals surface area contributed by atoms with Crippen molar-refractivity contribution in [1.29, 1.82) is 0 Å². The Kier molecular flexibility index (Phi) is 4.51. The van der Waals surface area contributed by atoms with Crippen LogP contribution in [0.3, 0.4) is 0 Å². The minimum absolute atomic E-state index is 0. The molecule has 1 spiro atoms. The second-order valence-corrected chi connectivity index (χ2v) is 5.84. The van der Waals surface area contributed by atoms with Crippen molar-refractivity contribution in [2.75, 3.05) is 32.8 Å². The van der Waals surface area contributed by atoms with Crippen LogP contribution in [0.4, 0.5) is 0 Å². The lowest BCUT2D eigenvalue weighted by Gasteiger charge is -2.33. The van der Waals surface area contributed by atoms with Gasteiger partial charge in [-0.25, -0.2) is 0 Å². The fourth-order valence-electron chi connectivity index (χ4n) is 3.47. The number of likely N-dealkylation sites (tertiary alicyclic amines) is 1. The lowest BCUT2D eigenvalue weighted by molar-refractivity contribution is -0.129. The Morgan fingerprint density at radius 3 is 2.83 bits per heavy atom. The fourth-order valence-corrected chi connectivity index (χ4v) is 3.47. The van der Waals surface area contributed by atoms with Crippen LogP contribution in [0, 0.1) is 5.41 Å². The topological polar surface area (TPSA) is 41.6 Å². The number of carbonyl (C=O) groups excluding carboxylic acids is 1. The minimum atomic E-state index is 0. The normalized spacial score (nSPS) is 30.8. The highest BCUT2D eigenvalue weighted by atomic mass is 35.5. The van der Waals surface area contributed by atoms with Gasteiger partial charge in [0.2, 0.25) is 5.91 Å². The third kappa shape index (κ3) is 2.81. The minimum Gasteiger partial charge on any atom is -0.376 e. The number of carbonyl (C=O) groups is 1. The van der Waals surface area contributed by atoms with E-state index in [1.54, 1.807) is 0 Å². The third-order valence-corrected chi connectivity index (χ3v) is 4.52. The first kappa shape index (κ1) is 14.1. The molecule has 1 atom stereocenters. The molecular weight excluding hydrogens is 252 g/mol. The lowest BCUT2D eigenvalue weighted by atomic mass is 9.78. The van der Waals surface area contributed by atoms with Crippen LogP contribution in [0.15, 0.2) is 0 Å². The first-order chi connectivity index (χ1) is 8.27. The van der Waals surface area contributed by atoms with E-state index < -0.39 is 0 Å². The zero-order valence-electron chi connectivity index (χ0n) is 10.8. The molecule has 0 saturated carbocycles. The zero-order chi connectivity index (χ0) is 11.7. The number of ether oxygens (including phenoxy) is 1. The first-order valence-electron chi connectivity index (χ1n) is 6.88. The molecule has 104 valence electrons. The van der Waals surface area contributed by atoms with E-state index in [4.69, 9.17) is 4.74 Å². The molecule has 18 heavy (non-hydrogen) atoms. The predicted octanol–water partition coefficient (Wildman–Crippen LogP) is 1.19. The molecule has 1 N–H and O–H groups in total. The molecule has 4 nitrogen and oxygen atoms in total. The van der Waals surface area contributed by atoms with Crippen LogP contribution < -0.4 is 5.32 Å². The van der Waals surface area contributed by atoms with Gasteiger partial charge in [0.15, 0.2) is 0 Å². The maximum atomic E-state index is 12.1. The Balaban J connectivity index is 0.00000120. The number of nitrogens with one attached hydrogen (secondary N) is 1. The second kappa shape index (κ2) is 5.76. The summed E-state index contributed by atoms with van der Waals surface area (Å²) in [6.07, 6.45) is 5.65. The standard InChI is InChI=1S/C13H22N2O2.ClH/c16-12-8-13(3-5-14-6-4-13)10-15(12)9-11-2-1-7-17-11;/h11,14H,1-10H2;1H. The van der Waals surface area contributed by atoms with Gasteiger partial charge in [-0.15, -0.1) is 12.4 Å². The van der Waals surface area contributed by atoms with E-state index in [1.807, 2.05) is 0 Å². The molecule has 3 fully saturated rings. The second-order valence-electron chi connectivity index (χ2n) is 5.84. The van der Waals surface area contributed by atoms with Crippen LogP contribution in [-0.2, 0) is 9.53 Å². The number of piperidine rings is 1. The number of amides is 1. The van der Waals surface area contributed by atoms with E-state index in [9.17, 15) is 4.79 Å². The first-order valence-corrected chi connectivity index (χ1v) is 6.88. The summed E-state index contributed by atoms with van der Waals surface area (Å²) in [4.78, 5) is 14.1. The Labute approximate surface area is 115 Å². The van der Waals surface area contributed by atoms with Gasteiger partial charge < -0.3 is 15.0 Å². The maximum absolute atomic E-state index is 12.1. The molecule has 0 aromatic carbocycles. The average Bonchev–Trinajstić information content (AvgIpc) is 2.91. The van der Waals surface area contributed by atoms with Crippen LogP contribution in [-0.4, -0.2) is 49.7 Å². The van der Waals surface area contributed by atoms with E-state index in [-0.39, 0.29) is 17.8 Å². The van der Waals surface area contributed by atoms with Gasteiger partial charge in [-0.3, -0.25) is 4.79 Å². The van der Waals surface area contributed by atoms with Crippen LogP contribution >= 0.6 is 12.4 Å². The van der Waals surface area contributed by atoms with Gasteiger partial charge in [0.05, 0.1) is 6.10 Å². The Morgan fingerprint density at radius 2 is 2.17 bits per heavy atom. The summed E-state index contributed by atoms with van der Waals surface area (Å²) in [6.45, 7) is 4.81. The van der Waals surface area contributed by atoms with Crippen molar-refractivity contribution in [2.24, 2.45) is 5.41 Å². The summed E-state index contributed by atoms with van der Waals surface area (Å²) >= 11 is 0. The summed E-state index contributed by atoms with van der Waals surface area (Å²) in [5, 5.41) is 3.38. The number of halogens is 1. The molecule has 0 aromatic rings. The van der Waals surface area contributed by atoms with Crippen molar-refractivity contribution in [2.45, 2.75) is 38.2 Å². The van der Waals surface area contributed by atoms with Gasteiger partial charge in [-0.05, 0) is 44.2 Å². The van der Waals surface area contributed by atoms with Crippen molar-refractivity contribution in [1.82, 2.24) is 10.2 Å². The maximum Gasteiger partial charge on any atom is 0.223 e. The van der Waals surface area contributed by atoms with Crippen molar-refractivity contribution < 1.29 is 9.53 Å². The highest BCUT2D eigenvalue weighted by Crippen LogP contribution is 2.39. The molecule has 3 saturated heterocycles. The van der Waals surface area contributed by atoms with E-state index >= 15 is 0 Å². The van der Waals surface area contributed by atoms with Crippen molar-refractivity contribution in [3.8, 4) is 0 Å². The molecule has 1 amide bonds. The van der Waals surface area contributed by atoms with Gasteiger partial charge in [-0.1, -0.05) is 0 Å². The molecule has 0 aliphatic carbocycles. The summed E-state index contributed by atoms with van der Waals surface area (Å²) in [7, 11) is 0. The SMILES string of the molecule is Cl.O=C1CC2(CCNCC2)CN1CC1CCCO1. The van der Waals surface area contributed by atoms with Gasteiger partial charge >= 0.3 is 0 Å². The average molecular weight is 275 g/mol. The molecule has 3 heterocycles. The van der Waals surface area contributed by atoms with E-state index in [0.717, 1.165) is 64.9 Å². The summed E-state index contributed by atoms with van der Waals surface area (Å²) < 4.78 is 5.63. The summed E-state index contributed by atoms with van der Waals surface area (Å²) in [6, 6.07) is 0. The highest BCUT2D eigenvalue weighted by Gasteiger charge is 2.44. The molecule has 0 bridgehead atoms. The molecule has 0 radical (unpaired) electrons. The van der Waals surface area contributed by atoms with E-state index in [0.29, 0.717) is 12.0 Å². The molecular formula is C13H23ClN2O2. The predicted molar refractivity (Wildman–Crippen MR) is 72.0 cm³/mol. The van der Waals surface area contributed by atoms with Gasteiger partial charge in [0, 0.05) is 26.1 Å². The van der Waals surface area contributed by atoms with Crippen molar-refractivity contribution in [3.63, 3.8) is 0 Å². The molecule has 0 aromatic heterocycles. The molecule has 1 unspecified atom stereocenters. The fraction of sp³-hybridized carbons (Fsp3) is 0.923. The summed E-state index contributed by atoms with van der Waals surface area (Å²) in [5.74, 6) is 0.349. The van der Waals surface area contributed by atoms with Gasteiger partial charge in [0.25, 0.3) is 0 Å². The Hall–Kier alpha value is -0.320. The highest BCUT2D eigenvalue weighted by molar-refractivity contribution is 5.85. The smallest absolute Gasteiger partial charge is 0.223 e. The number of hydrogen-bond acceptors (Lipinski definition) is 3. The number of hydrogen-bond donors (Lipinski definition) is 1. The Bertz CT molecular complexity index is 299. The van der Waals surface area contributed by atoms with Crippen molar-refractivity contribution in [3.05, 3.63) is 0 Å².